The molecule has 0 aliphatic carbocycles. The third-order valence-corrected chi connectivity index (χ3v) is 4.54. The van der Waals surface area contributed by atoms with Crippen molar-refractivity contribution in [2.24, 2.45) is 0 Å². The fourth-order valence-corrected chi connectivity index (χ4v) is 2.91. The monoisotopic (exact) mass is 438 g/mol. The van der Waals surface area contributed by atoms with Crippen molar-refractivity contribution in [1.29, 1.82) is 0 Å². The van der Waals surface area contributed by atoms with Gasteiger partial charge in [0.1, 0.15) is 5.75 Å². The number of anilines is 1. The quantitative estimate of drug-likeness (QED) is 0.660. The van der Waals surface area contributed by atoms with Crippen molar-refractivity contribution >= 4 is 45.0 Å². The van der Waals surface area contributed by atoms with Gasteiger partial charge in [0.15, 0.2) is 6.61 Å². The Kier molecular flexibility index (Phi) is 7.48. The van der Waals surface area contributed by atoms with Gasteiger partial charge in [0.05, 0.1) is 15.7 Å². The lowest BCUT2D eigenvalue weighted by molar-refractivity contribution is -0.118. The zero-order valence-corrected chi connectivity index (χ0v) is 16.9. The number of carbonyl (C=O) groups excluding carboxylic acids is 2. The molecule has 0 aliphatic rings. The average Bonchev–Trinajstić information content (AvgIpc) is 2.61. The molecule has 2 rings (SSSR count). The van der Waals surface area contributed by atoms with E-state index in [1.165, 1.54) is 0 Å². The first kappa shape index (κ1) is 20.3. The van der Waals surface area contributed by atoms with Crippen LogP contribution in [0.5, 0.6) is 5.75 Å². The van der Waals surface area contributed by atoms with Crippen molar-refractivity contribution in [2.75, 3.05) is 11.9 Å². The second-order valence-corrected chi connectivity index (χ2v) is 7.03. The molecule has 0 spiro atoms. The number of benzene rings is 2. The van der Waals surface area contributed by atoms with E-state index in [2.05, 4.69) is 26.6 Å². The van der Waals surface area contributed by atoms with Crippen LogP contribution in [0.4, 0.5) is 5.69 Å². The van der Waals surface area contributed by atoms with Gasteiger partial charge in [-0.25, -0.2) is 0 Å². The zero-order chi connectivity index (χ0) is 19.1. The lowest BCUT2D eigenvalue weighted by Gasteiger charge is -2.15. The fourth-order valence-electron chi connectivity index (χ4n) is 2.12. The first-order chi connectivity index (χ1) is 12.4. The van der Waals surface area contributed by atoms with Crippen LogP contribution in [-0.2, 0) is 4.79 Å². The minimum Gasteiger partial charge on any atom is -0.483 e. The molecule has 138 valence electrons. The van der Waals surface area contributed by atoms with Gasteiger partial charge in [0.25, 0.3) is 11.8 Å². The molecule has 0 saturated carbocycles. The van der Waals surface area contributed by atoms with Crippen LogP contribution in [-0.4, -0.2) is 24.5 Å². The number of halogens is 2. The van der Waals surface area contributed by atoms with Gasteiger partial charge >= 0.3 is 0 Å². The summed E-state index contributed by atoms with van der Waals surface area (Å²) in [5.74, 6) is -0.0837. The number of amides is 2. The highest BCUT2D eigenvalue weighted by Gasteiger charge is 2.15. The Morgan fingerprint density at radius 1 is 1.23 bits per heavy atom. The second kappa shape index (κ2) is 9.59. The lowest BCUT2D eigenvalue weighted by Crippen LogP contribution is -2.33. The maximum atomic E-state index is 12.4. The number of rotatable bonds is 7. The highest BCUT2D eigenvalue weighted by atomic mass is 79.9. The number of ether oxygens (including phenoxy) is 1. The number of nitrogens with one attached hydrogen (secondary N) is 2. The fraction of sp³-hybridized carbons (Fsp3) is 0.263. The van der Waals surface area contributed by atoms with Crippen LogP contribution in [0.3, 0.4) is 0 Å². The van der Waals surface area contributed by atoms with Crippen molar-refractivity contribution in [3.05, 3.63) is 57.5 Å². The molecule has 0 bridgehead atoms. The van der Waals surface area contributed by atoms with Crippen LogP contribution in [0.2, 0.25) is 5.02 Å². The molecule has 1 atom stereocenters. The molecule has 2 aromatic rings. The normalized spacial score (nSPS) is 11.5. The Morgan fingerprint density at radius 2 is 1.96 bits per heavy atom. The Balaban J connectivity index is 2.01. The number of hydrogen-bond donors (Lipinski definition) is 2. The smallest absolute Gasteiger partial charge is 0.262 e. The van der Waals surface area contributed by atoms with Gasteiger partial charge in [0.2, 0.25) is 0 Å². The van der Waals surface area contributed by atoms with E-state index in [0.717, 1.165) is 6.42 Å². The van der Waals surface area contributed by atoms with E-state index < -0.39 is 0 Å². The van der Waals surface area contributed by atoms with Crippen LogP contribution in [0.1, 0.15) is 30.6 Å². The lowest BCUT2D eigenvalue weighted by atomic mass is 10.1. The van der Waals surface area contributed by atoms with Crippen LogP contribution >= 0.6 is 27.5 Å². The second-order valence-electron chi connectivity index (χ2n) is 5.74. The molecule has 0 saturated heterocycles. The van der Waals surface area contributed by atoms with Gasteiger partial charge in [-0.3, -0.25) is 9.59 Å². The largest absolute Gasteiger partial charge is 0.483 e. The first-order valence-corrected chi connectivity index (χ1v) is 9.35. The molecule has 0 fully saturated rings. The van der Waals surface area contributed by atoms with E-state index >= 15 is 0 Å². The summed E-state index contributed by atoms with van der Waals surface area (Å²) in [6, 6.07) is 11.9. The topological polar surface area (TPSA) is 67.4 Å². The van der Waals surface area contributed by atoms with E-state index in [4.69, 9.17) is 16.3 Å². The summed E-state index contributed by atoms with van der Waals surface area (Å²) in [6.45, 7) is 3.73. The van der Waals surface area contributed by atoms with Gasteiger partial charge in [-0.15, -0.1) is 0 Å². The van der Waals surface area contributed by atoms with Gasteiger partial charge < -0.3 is 15.4 Å². The molecule has 2 N–H and O–H groups in total. The van der Waals surface area contributed by atoms with Crippen LogP contribution < -0.4 is 15.4 Å². The summed E-state index contributed by atoms with van der Waals surface area (Å²) in [6.07, 6.45) is 0.823. The van der Waals surface area contributed by atoms with Gasteiger partial charge in [-0.1, -0.05) is 30.7 Å². The molecule has 0 aliphatic heterocycles. The van der Waals surface area contributed by atoms with Crippen molar-refractivity contribution in [3.8, 4) is 5.75 Å². The van der Waals surface area contributed by atoms with Crippen LogP contribution in [0.15, 0.2) is 46.9 Å². The van der Waals surface area contributed by atoms with E-state index in [1.807, 2.05) is 13.8 Å². The summed E-state index contributed by atoms with van der Waals surface area (Å²) in [5, 5.41) is 6.17. The maximum absolute atomic E-state index is 12.4. The molecule has 26 heavy (non-hydrogen) atoms. The predicted molar refractivity (Wildman–Crippen MR) is 107 cm³/mol. The van der Waals surface area contributed by atoms with Crippen molar-refractivity contribution in [3.63, 3.8) is 0 Å². The van der Waals surface area contributed by atoms with Crippen LogP contribution in [0, 0.1) is 0 Å². The summed E-state index contributed by atoms with van der Waals surface area (Å²) in [5.41, 5.74) is 0.853. The standard InChI is InChI=1S/C19H20BrClN2O3/c1-3-12(2)22-19(25)14-6-4-5-7-16(14)23-18(24)11-26-17-9-8-13(21)10-15(17)20/h4-10,12H,3,11H2,1-2H3,(H,22,25)(H,23,24)/t12-/m1/s1. The van der Waals surface area contributed by atoms with E-state index in [1.54, 1.807) is 42.5 Å². The van der Waals surface area contributed by atoms with Gasteiger partial charge in [0, 0.05) is 11.1 Å². The first-order valence-electron chi connectivity index (χ1n) is 8.18. The Labute approximate surface area is 166 Å². The summed E-state index contributed by atoms with van der Waals surface area (Å²) in [4.78, 5) is 24.6. The Bertz CT molecular complexity index is 798. The highest BCUT2D eigenvalue weighted by Crippen LogP contribution is 2.28. The van der Waals surface area contributed by atoms with E-state index in [9.17, 15) is 9.59 Å². The summed E-state index contributed by atoms with van der Waals surface area (Å²) < 4.78 is 6.15. The minimum atomic E-state index is -0.365. The molecule has 0 aromatic heterocycles. The van der Waals surface area contributed by atoms with Crippen molar-refractivity contribution in [2.45, 2.75) is 26.3 Å². The molecule has 2 amide bonds. The zero-order valence-electron chi connectivity index (χ0n) is 14.5. The number of hydrogen-bond acceptors (Lipinski definition) is 3. The molecule has 5 nitrogen and oxygen atoms in total. The summed E-state index contributed by atoms with van der Waals surface area (Å²) >= 11 is 9.21. The average molecular weight is 440 g/mol. The Morgan fingerprint density at radius 3 is 2.65 bits per heavy atom. The molecule has 0 radical (unpaired) electrons. The molecule has 0 heterocycles. The number of para-hydroxylation sites is 1. The van der Waals surface area contributed by atoms with Gasteiger partial charge in [-0.2, -0.15) is 0 Å². The van der Waals surface area contributed by atoms with Crippen molar-refractivity contribution < 1.29 is 14.3 Å². The third kappa shape index (κ3) is 5.75. The predicted octanol–water partition coefficient (Wildman–Crippen LogP) is 4.65. The SMILES string of the molecule is CC[C@@H](C)NC(=O)c1ccccc1NC(=O)COc1ccc(Cl)cc1Br. The number of carbonyl (C=O) groups is 2. The van der Waals surface area contributed by atoms with E-state index in [0.29, 0.717) is 26.5 Å². The highest BCUT2D eigenvalue weighted by molar-refractivity contribution is 9.10. The molecule has 0 unspecified atom stereocenters. The minimum absolute atomic E-state index is 0.0526. The Hall–Kier alpha value is -2.05. The molecule has 2 aromatic carbocycles. The maximum Gasteiger partial charge on any atom is 0.262 e. The van der Waals surface area contributed by atoms with E-state index in [-0.39, 0.29) is 24.5 Å². The summed E-state index contributed by atoms with van der Waals surface area (Å²) in [7, 11) is 0. The van der Waals surface area contributed by atoms with Crippen LogP contribution in [0.25, 0.3) is 0 Å². The molecular formula is C19H20BrClN2O3. The molecular weight excluding hydrogens is 420 g/mol. The van der Waals surface area contributed by atoms with Crippen molar-refractivity contribution in [1.82, 2.24) is 5.32 Å². The molecule has 7 heteroatoms. The third-order valence-electron chi connectivity index (χ3n) is 3.69. The van der Waals surface area contributed by atoms with Gasteiger partial charge in [-0.05, 0) is 59.6 Å².